The molecule has 1 aliphatic heterocycles. The minimum atomic E-state index is 0.634. The molecule has 1 unspecified atom stereocenters. The molecule has 0 bridgehead atoms. The van der Waals surface area contributed by atoms with E-state index in [1.807, 2.05) is 11.8 Å². The fraction of sp³-hybridized carbons (Fsp3) is 1.00. The largest absolute Gasteiger partial charge is 0.329 e. The SMILES string of the molecule is CCSCCC(CN)N1CCSCC1. The van der Waals surface area contributed by atoms with Crippen molar-refractivity contribution in [3.8, 4) is 0 Å². The van der Waals surface area contributed by atoms with Crippen molar-refractivity contribution in [1.29, 1.82) is 0 Å². The molecule has 0 amide bonds. The zero-order chi connectivity index (χ0) is 10.2. The van der Waals surface area contributed by atoms with Crippen LogP contribution in [0.5, 0.6) is 0 Å². The van der Waals surface area contributed by atoms with Gasteiger partial charge in [-0.15, -0.1) is 0 Å². The topological polar surface area (TPSA) is 29.3 Å². The summed E-state index contributed by atoms with van der Waals surface area (Å²) in [6.45, 7) is 5.53. The van der Waals surface area contributed by atoms with Crippen molar-refractivity contribution in [2.75, 3.05) is 42.6 Å². The van der Waals surface area contributed by atoms with Gasteiger partial charge in [-0.05, 0) is 17.9 Å². The summed E-state index contributed by atoms with van der Waals surface area (Å²) in [6, 6.07) is 0.634. The fourth-order valence-electron chi connectivity index (χ4n) is 1.76. The maximum atomic E-state index is 5.83. The lowest BCUT2D eigenvalue weighted by Gasteiger charge is -2.33. The summed E-state index contributed by atoms with van der Waals surface area (Å²) in [5.41, 5.74) is 5.83. The van der Waals surface area contributed by atoms with E-state index in [1.54, 1.807) is 0 Å². The van der Waals surface area contributed by atoms with E-state index < -0.39 is 0 Å². The molecule has 1 saturated heterocycles. The quantitative estimate of drug-likeness (QED) is 0.706. The van der Waals surface area contributed by atoms with Crippen LogP contribution in [-0.2, 0) is 0 Å². The molecular formula is C10H22N2S2. The minimum absolute atomic E-state index is 0.634. The van der Waals surface area contributed by atoms with Gasteiger partial charge in [-0.1, -0.05) is 6.92 Å². The monoisotopic (exact) mass is 234 g/mol. The van der Waals surface area contributed by atoms with E-state index in [1.165, 1.54) is 42.5 Å². The first-order chi connectivity index (χ1) is 6.88. The molecule has 14 heavy (non-hydrogen) atoms. The van der Waals surface area contributed by atoms with Gasteiger partial charge < -0.3 is 5.73 Å². The third-order valence-corrected chi connectivity index (χ3v) is 4.51. The minimum Gasteiger partial charge on any atom is -0.329 e. The van der Waals surface area contributed by atoms with Crippen molar-refractivity contribution in [2.24, 2.45) is 5.73 Å². The third-order valence-electron chi connectivity index (χ3n) is 2.63. The Morgan fingerprint density at radius 3 is 2.71 bits per heavy atom. The van der Waals surface area contributed by atoms with Crippen molar-refractivity contribution in [2.45, 2.75) is 19.4 Å². The summed E-state index contributed by atoms with van der Waals surface area (Å²) in [5, 5.41) is 0. The molecule has 0 spiro atoms. The third kappa shape index (κ3) is 4.43. The highest BCUT2D eigenvalue weighted by Crippen LogP contribution is 2.15. The lowest BCUT2D eigenvalue weighted by molar-refractivity contribution is 0.216. The first-order valence-corrected chi connectivity index (χ1v) is 7.79. The van der Waals surface area contributed by atoms with Crippen molar-refractivity contribution < 1.29 is 0 Å². The van der Waals surface area contributed by atoms with Crippen molar-refractivity contribution in [1.82, 2.24) is 4.90 Å². The Hall–Kier alpha value is 0.620. The molecule has 0 aliphatic carbocycles. The van der Waals surface area contributed by atoms with Gasteiger partial charge in [-0.3, -0.25) is 4.90 Å². The highest BCUT2D eigenvalue weighted by atomic mass is 32.2. The highest BCUT2D eigenvalue weighted by molar-refractivity contribution is 7.99. The van der Waals surface area contributed by atoms with Gasteiger partial charge in [0.25, 0.3) is 0 Å². The molecule has 4 heteroatoms. The number of nitrogens with zero attached hydrogens (tertiary/aromatic N) is 1. The molecular weight excluding hydrogens is 212 g/mol. The van der Waals surface area contributed by atoms with E-state index in [9.17, 15) is 0 Å². The summed E-state index contributed by atoms with van der Waals surface area (Å²) in [4.78, 5) is 2.58. The van der Waals surface area contributed by atoms with Crippen LogP contribution in [0.15, 0.2) is 0 Å². The molecule has 1 rings (SSSR count). The molecule has 0 aromatic carbocycles. The van der Waals surface area contributed by atoms with Crippen LogP contribution in [0.1, 0.15) is 13.3 Å². The standard InChI is InChI=1S/C10H22N2S2/c1-2-13-6-3-10(9-11)12-4-7-14-8-5-12/h10H,2-9,11H2,1H3. The van der Waals surface area contributed by atoms with Crippen LogP contribution in [0.4, 0.5) is 0 Å². The van der Waals surface area contributed by atoms with Crippen LogP contribution in [0.25, 0.3) is 0 Å². The van der Waals surface area contributed by atoms with Crippen LogP contribution in [0, 0.1) is 0 Å². The molecule has 2 N–H and O–H groups in total. The van der Waals surface area contributed by atoms with Crippen molar-refractivity contribution >= 4 is 23.5 Å². The number of hydrogen-bond acceptors (Lipinski definition) is 4. The van der Waals surface area contributed by atoms with E-state index in [0.717, 1.165) is 6.54 Å². The van der Waals surface area contributed by atoms with Gasteiger partial charge in [-0.2, -0.15) is 23.5 Å². The molecule has 0 saturated carbocycles. The van der Waals surface area contributed by atoms with Crippen molar-refractivity contribution in [3.05, 3.63) is 0 Å². The second-order valence-electron chi connectivity index (χ2n) is 3.52. The lowest BCUT2D eigenvalue weighted by atomic mass is 10.2. The maximum Gasteiger partial charge on any atom is 0.0226 e. The van der Waals surface area contributed by atoms with Crippen LogP contribution in [0.3, 0.4) is 0 Å². The predicted molar refractivity (Wildman–Crippen MR) is 69.4 cm³/mol. The highest BCUT2D eigenvalue weighted by Gasteiger charge is 2.18. The van der Waals surface area contributed by atoms with Gasteiger partial charge in [0.15, 0.2) is 0 Å². The van der Waals surface area contributed by atoms with Crippen LogP contribution in [0.2, 0.25) is 0 Å². The second kappa shape index (κ2) is 7.85. The predicted octanol–water partition coefficient (Wildman–Crippen LogP) is 1.51. The maximum absolute atomic E-state index is 5.83. The number of hydrogen-bond donors (Lipinski definition) is 1. The van der Waals surface area contributed by atoms with Gasteiger partial charge in [0, 0.05) is 37.2 Å². The van der Waals surface area contributed by atoms with Crippen LogP contribution >= 0.6 is 23.5 Å². The summed E-state index contributed by atoms with van der Waals surface area (Å²) in [7, 11) is 0. The second-order valence-corrected chi connectivity index (χ2v) is 6.14. The Morgan fingerprint density at radius 1 is 1.43 bits per heavy atom. The molecule has 0 aromatic rings. The average Bonchev–Trinajstić information content (AvgIpc) is 2.26. The molecule has 0 aromatic heterocycles. The lowest BCUT2D eigenvalue weighted by Crippen LogP contribution is -2.45. The van der Waals surface area contributed by atoms with E-state index in [0.29, 0.717) is 6.04 Å². The zero-order valence-electron chi connectivity index (χ0n) is 9.08. The van der Waals surface area contributed by atoms with Gasteiger partial charge in [0.1, 0.15) is 0 Å². The zero-order valence-corrected chi connectivity index (χ0v) is 10.7. The van der Waals surface area contributed by atoms with Crippen LogP contribution < -0.4 is 5.73 Å². The van der Waals surface area contributed by atoms with Crippen LogP contribution in [-0.4, -0.2) is 53.6 Å². The molecule has 2 nitrogen and oxygen atoms in total. The molecule has 1 heterocycles. The smallest absolute Gasteiger partial charge is 0.0226 e. The molecule has 1 fully saturated rings. The summed E-state index contributed by atoms with van der Waals surface area (Å²) in [5.74, 6) is 5.07. The summed E-state index contributed by atoms with van der Waals surface area (Å²) in [6.07, 6.45) is 1.26. The Bertz CT molecular complexity index is 138. The Labute approximate surface area is 96.4 Å². The van der Waals surface area contributed by atoms with E-state index >= 15 is 0 Å². The average molecular weight is 234 g/mol. The Balaban J connectivity index is 2.21. The van der Waals surface area contributed by atoms with E-state index in [-0.39, 0.29) is 0 Å². The molecule has 0 radical (unpaired) electrons. The normalized spacial score (nSPS) is 21.0. The first kappa shape index (κ1) is 12.7. The van der Waals surface area contributed by atoms with Gasteiger partial charge in [0.2, 0.25) is 0 Å². The van der Waals surface area contributed by atoms with Gasteiger partial charge in [0.05, 0.1) is 0 Å². The van der Waals surface area contributed by atoms with Crippen molar-refractivity contribution in [3.63, 3.8) is 0 Å². The fourth-order valence-corrected chi connectivity index (χ4v) is 3.41. The first-order valence-electron chi connectivity index (χ1n) is 5.48. The van der Waals surface area contributed by atoms with E-state index in [2.05, 4.69) is 23.6 Å². The molecule has 1 aliphatic rings. The molecule has 84 valence electrons. The number of thioether (sulfide) groups is 2. The number of rotatable bonds is 6. The number of nitrogens with two attached hydrogens (primary N) is 1. The Kier molecular flexibility index (Phi) is 7.12. The summed E-state index contributed by atoms with van der Waals surface area (Å²) >= 11 is 4.10. The summed E-state index contributed by atoms with van der Waals surface area (Å²) < 4.78 is 0. The Morgan fingerprint density at radius 2 is 2.14 bits per heavy atom. The van der Waals surface area contributed by atoms with E-state index in [4.69, 9.17) is 5.73 Å². The van der Waals surface area contributed by atoms with Gasteiger partial charge >= 0.3 is 0 Å². The molecule has 1 atom stereocenters. The van der Waals surface area contributed by atoms with Gasteiger partial charge in [-0.25, -0.2) is 0 Å².